The molecular weight excluding hydrogens is 786 g/mol. The van der Waals surface area contributed by atoms with Crippen molar-refractivity contribution in [1.29, 1.82) is 0 Å². The molecular formula is C51H94NO8P. The third kappa shape index (κ3) is 47.3. The topological polar surface area (TPSA) is 134 Å². The minimum Gasteiger partial charge on any atom is -0.462 e. The normalized spacial score (nSPS) is 13.6. The molecule has 0 aromatic rings. The van der Waals surface area contributed by atoms with Crippen LogP contribution in [-0.4, -0.2) is 49.3 Å². The maximum absolute atomic E-state index is 12.6. The Kier molecular flexibility index (Phi) is 45.9. The number of allylic oxidation sites excluding steroid dienone is 8. The second kappa shape index (κ2) is 47.4. The summed E-state index contributed by atoms with van der Waals surface area (Å²) in [6, 6.07) is 0. The lowest BCUT2D eigenvalue weighted by atomic mass is 10.0. The van der Waals surface area contributed by atoms with Crippen LogP contribution < -0.4 is 5.73 Å². The van der Waals surface area contributed by atoms with Crippen LogP contribution in [0.3, 0.4) is 0 Å². The van der Waals surface area contributed by atoms with Crippen molar-refractivity contribution in [3.8, 4) is 0 Å². The quantitative estimate of drug-likeness (QED) is 0.0265. The predicted molar refractivity (Wildman–Crippen MR) is 257 cm³/mol. The van der Waals surface area contributed by atoms with Crippen LogP contribution in [0.25, 0.3) is 0 Å². The minimum absolute atomic E-state index is 0.0416. The zero-order valence-electron chi connectivity index (χ0n) is 39.4. The summed E-state index contributed by atoms with van der Waals surface area (Å²) in [6.07, 6.45) is 56.0. The van der Waals surface area contributed by atoms with Gasteiger partial charge in [-0.25, -0.2) is 4.57 Å². The van der Waals surface area contributed by atoms with Crippen molar-refractivity contribution in [3.05, 3.63) is 48.6 Å². The largest absolute Gasteiger partial charge is 0.472 e. The zero-order valence-corrected chi connectivity index (χ0v) is 40.3. The molecule has 0 bridgehead atoms. The van der Waals surface area contributed by atoms with Gasteiger partial charge in [0.05, 0.1) is 13.2 Å². The molecule has 0 amide bonds. The second-order valence-corrected chi connectivity index (χ2v) is 18.1. The molecule has 0 aliphatic heterocycles. The van der Waals surface area contributed by atoms with Gasteiger partial charge in [0.25, 0.3) is 0 Å². The molecule has 0 saturated carbocycles. The van der Waals surface area contributed by atoms with Crippen molar-refractivity contribution < 1.29 is 37.6 Å². The Morgan fingerprint density at radius 2 is 0.869 bits per heavy atom. The maximum Gasteiger partial charge on any atom is 0.472 e. The lowest BCUT2D eigenvalue weighted by molar-refractivity contribution is -0.161. The number of phosphoric acid groups is 1. The van der Waals surface area contributed by atoms with Gasteiger partial charge in [-0.1, -0.05) is 197 Å². The van der Waals surface area contributed by atoms with E-state index in [-0.39, 0.29) is 32.6 Å². The number of phosphoric ester groups is 1. The van der Waals surface area contributed by atoms with Crippen LogP contribution in [0.5, 0.6) is 0 Å². The molecule has 0 aromatic carbocycles. The summed E-state index contributed by atoms with van der Waals surface area (Å²) in [5.74, 6) is -0.927. The summed E-state index contributed by atoms with van der Waals surface area (Å²) in [4.78, 5) is 34.9. The van der Waals surface area contributed by atoms with Gasteiger partial charge >= 0.3 is 19.8 Å². The molecule has 9 nitrogen and oxygen atoms in total. The smallest absolute Gasteiger partial charge is 0.462 e. The molecule has 0 fully saturated rings. The van der Waals surface area contributed by atoms with Gasteiger partial charge in [-0.05, 0) is 70.6 Å². The third-order valence-corrected chi connectivity index (χ3v) is 11.6. The van der Waals surface area contributed by atoms with Crippen LogP contribution in [0.15, 0.2) is 48.6 Å². The Hall–Kier alpha value is -2.03. The number of ether oxygens (including phenoxy) is 2. The van der Waals surface area contributed by atoms with Crippen molar-refractivity contribution >= 4 is 19.8 Å². The van der Waals surface area contributed by atoms with Crippen LogP contribution in [0, 0.1) is 0 Å². The molecule has 61 heavy (non-hydrogen) atoms. The molecule has 0 saturated heterocycles. The average Bonchev–Trinajstić information content (AvgIpc) is 3.25. The van der Waals surface area contributed by atoms with Gasteiger partial charge in [0.2, 0.25) is 0 Å². The van der Waals surface area contributed by atoms with Gasteiger partial charge in [0.1, 0.15) is 6.61 Å². The summed E-state index contributed by atoms with van der Waals surface area (Å²) in [5, 5.41) is 0. The van der Waals surface area contributed by atoms with E-state index in [0.29, 0.717) is 12.8 Å². The molecule has 0 aromatic heterocycles. The van der Waals surface area contributed by atoms with Crippen LogP contribution in [0.4, 0.5) is 0 Å². The molecule has 356 valence electrons. The molecule has 3 N–H and O–H groups in total. The van der Waals surface area contributed by atoms with Crippen molar-refractivity contribution in [1.82, 2.24) is 0 Å². The highest BCUT2D eigenvalue weighted by Gasteiger charge is 2.26. The number of nitrogens with two attached hydrogens (primary N) is 1. The van der Waals surface area contributed by atoms with Gasteiger partial charge in [-0.2, -0.15) is 0 Å². The van der Waals surface area contributed by atoms with Gasteiger partial charge in [0, 0.05) is 19.4 Å². The fraction of sp³-hybridized carbons (Fsp3) is 0.804. The standard InChI is InChI=1S/C51H94NO8P/c1-3-5-7-9-11-13-15-17-19-21-22-23-24-25-26-28-30-32-34-36-38-40-42-44-51(54)60-49(48-59-61(55,56)58-46-45-52)47-57-50(53)43-41-39-37-35-33-31-29-27-20-18-16-14-12-10-8-6-4-2/h28-31,35-38,49H,3-27,32-34,39-48,52H2,1-2H3,(H,55,56)/b30-28+,31-29+,37-35+,38-36+/t49-/m1/s1. The molecule has 0 rings (SSSR count). The average molecular weight is 880 g/mol. The Morgan fingerprint density at radius 1 is 0.492 bits per heavy atom. The lowest BCUT2D eigenvalue weighted by Gasteiger charge is -2.19. The molecule has 2 atom stereocenters. The fourth-order valence-electron chi connectivity index (χ4n) is 6.93. The summed E-state index contributed by atoms with van der Waals surface area (Å²) < 4.78 is 32.8. The Morgan fingerprint density at radius 3 is 1.31 bits per heavy atom. The van der Waals surface area contributed by atoms with Crippen LogP contribution in [0.1, 0.15) is 232 Å². The molecule has 0 aliphatic carbocycles. The number of rotatable bonds is 47. The van der Waals surface area contributed by atoms with Crippen molar-refractivity contribution in [2.45, 2.75) is 238 Å². The molecule has 10 heteroatoms. The van der Waals surface area contributed by atoms with Gasteiger partial charge in [-0.15, -0.1) is 0 Å². The highest BCUT2D eigenvalue weighted by molar-refractivity contribution is 7.47. The van der Waals surface area contributed by atoms with Gasteiger partial charge in [0.15, 0.2) is 6.10 Å². The highest BCUT2D eigenvalue weighted by Crippen LogP contribution is 2.43. The first kappa shape index (κ1) is 59.0. The van der Waals surface area contributed by atoms with E-state index in [1.54, 1.807) is 0 Å². The minimum atomic E-state index is -4.40. The summed E-state index contributed by atoms with van der Waals surface area (Å²) in [7, 11) is -4.40. The highest BCUT2D eigenvalue weighted by atomic mass is 31.2. The Labute approximate surface area is 375 Å². The number of unbranched alkanes of at least 4 members (excludes halogenated alkanes) is 26. The Bertz CT molecular complexity index is 1140. The van der Waals surface area contributed by atoms with E-state index >= 15 is 0 Å². The van der Waals surface area contributed by atoms with Crippen LogP contribution >= 0.6 is 7.82 Å². The zero-order chi connectivity index (χ0) is 44.6. The third-order valence-electron chi connectivity index (χ3n) is 10.7. The Balaban J connectivity index is 4.16. The van der Waals surface area contributed by atoms with Gasteiger partial charge < -0.3 is 20.1 Å². The molecule has 0 aliphatic rings. The number of hydrogen-bond donors (Lipinski definition) is 2. The molecule has 0 radical (unpaired) electrons. The monoisotopic (exact) mass is 880 g/mol. The molecule has 0 spiro atoms. The number of carbonyl (C=O) groups excluding carboxylic acids is 2. The van der Waals surface area contributed by atoms with Crippen LogP contribution in [-0.2, 0) is 32.7 Å². The van der Waals surface area contributed by atoms with Crippen molar-refractivity contribution in [2.75, 3.05) is 26.4 Å². The first-order chi connectivity index (χ1) is 29.8. The van der Waals surface area contributed by atoms with E-state index in [0.717, 1.165) is 44.9 Å². The summed E-state index contributed by atoms with van der Waals surface area (Å²) in [6.45, 7) is 3.67. The van der Waals surface area contributed by atoms with E-state index in [1.165, 1.54) is 148 Å². The number of carbonyl (C=O) groups is 2. The molecule has 1 unspecified atom stereocenters. The second-order valence-electron chi connectivity index (χ2n) is 16.7. The lowest BCUT2D eigenvalue weighted by Crippen LogP contribution is -2.29. The molecule has 0 heterocycles. The fourth-order valence-corrected chi connectivity index (χ4v) is 7.70. The van der Waals surface area contributed by atoms with E-state index in [9.17, 15) is 19.0 Å². The first-order valence-electron chi connectivity index (χ1n) is 25.1. The van der Waals surface area contributed by atoms with E-state index in [4.69, 9.17) is 24.3 Å². The van der Waals surface area contributed by atoms with E-state index < -0.39 is 32.5 Å². The van der Waals surface area contributed by atoms with Crippen LogP contribution in [0.2, 0.25) is 0 Å². The first-order valence-corrected chi connectivity index (χ1v) is 26.6. The van der Waals surface area contributed by atoms with E-state index in [1.807, 2.05) is 0 Å². The van der Waals surface area contributed by atoms with E-state index in [2.05, 4.69) is 62.5 Å². The van der Waals surface area contributed by atoms with Crippen molar-refractivity contribution in [2.24, 2.45) is 5.73 Å². The SMILES string of the molecule is CCCCCCCCCCC/C=C/C/C=C/CCCC(=O)OC[C@H](COP(=O)(O)OCCN)OC(=O)CCC/C=C/CC/C=C/CCCCCCCCCCCCCCCC. The number of hydrogen-bond acceptors (Lipinski definition) is 8. The number of esters is 2. The van der Waals surface area contributed by atoms with Crippen molar-refractivity contribution in [3.63, 3.8) is 0 Å². The summed E-state index contributed by atoms with van der Waals surface area (Å²) >= 11 is 0. The predicted octanol–water partition coefficient (Wildman–Crippen LogP) is 15.1. The van der Waals surface area contributed by atoms with Gasteiger partial charge in [-0.3, -0.25) is 18.6 Å². The maximum atomic E-state index is 12.6. The summed E-state index contributed by atoms with van der Waals surface area (Å²) in [5.41, 5.74) is 5.36.